The summed E-state index contributed by atoms with van der Waals surface area (Å²) in [6.07, 6.45) is -0.0700. The fourth-order valence-corrected chi connectivity index (χ4v) is 5.92. The van der Waals surface area contributed by atoms with Gasteiger partial charge in [0, 0.05) is 38.1 Å². The summed E-state index contributed by atoms with van der Waals surface area (Å²) in [7, 11) is 0. The maximum atomic E-state index is 13.0. The summed E-state index contributed by atoms with van der Waals surface area (Å²) >= 11 is 12.6. The first kappa shape index (κ1) is 26.0. The fourth-order valence-electron chi connectivity index (χ4n) is 3.14. The first-order chi connectivity index (χ1) is 17.1. The van der Waals surface area contributed by atoms with Gasteiger partial charge in [0.25, 0.3) is 11.8 Å². The average Bonchev–Trinajstić information content (AvgIpc) is 3.55. The average molecular weight is 567 g/mol. The van der Waals surface area contributed by atoms with Crippen LogP contribution in [0, 0.1) is 13.8 Å². The number of hydrogen-bond acceptors (Lipinski definition) is 12. The van der Waals surface area contributed by atoms with Crippen molar-refractivity contribution in [1.82, 2.24) is 20.1 Å². The van der Waals surface area contributed by atoms with Gasteiger partial charge in [0.05, 0.1) is 9.81 Å². The summed E-state index contributed by atoms with van der Waals surface area (Å²) in [4.78, 5) is 53.2. The number of carbonyl (C=O) groups excluding carboxylic acids is 4. The molecule has 16 heteroatoms. The normalized spacial score (nSPS) is 17.9. The SMILES string of the molecule is Cc1cc(NC(=O)CCN2C(=O)/C(=C3\SC(=S)N(CCC(=O)Nc4cc(C)on4)C3=O)SC2=S)no1. The molecule has 4 heterocycles. The van der Waals surface area contributed by atoms with Crippen molar-refractivity contribution in [1.29, 1.82) is 0 Å². The Kier molecular flexibility index (Phi) is 7.87. The van der Waals surface area contributed by atoms with Crippen LogP contribution in [0.3, 0.4) is 0 Å². The smallest absolute Gasteiger partial charge is 0.267 e. The van der Waals surface area contributed by atoms with Crippen molar-refractivity contribution in [2.45, 2.75) is 26.7 Å². The molecule has 2 aliphatic heterocycles. The van der Waals surface area contributed by atoms with E-state index in [1.807, 2.05) is 0 Å². The second-order valence-electron chi connectivity index (χ2n) is 7.55. The molecular weight excluding hydrogens is 549 g/mol. The van der Waals surface area contributed by atoms with E-state index in [1.54, 1.807) is 26.0 Å². The molecule has 0 saturated carbocycles. The second kappa shape index (κ2) is 10.9. The van der Waals surface area contributed by atoms with Crippen LogP contribution in [0.5, 0.6) is 0 Å². The Morgan fingerprint density at radius 1 is 0.833 bits per heavy atom. The molecule has 2 saturated heterocycles. The summed E-state index contributed by atoms with van der Waals surface area (Å²) in [5, 5.41) is 12.5. The predicted molar refractivity (Wildman–Crippen MR) is 140 cm³/mol. The van der Waals surface area contributed by atoms with Gasteiger partial charge in [-0.3, -0.25) is 29.0 Å². The molecule has 2 aliphatic rings. The maximum Gasteiger partial charge on any atom is 0.267 e. The van der Waals surface area contributed by atoms with Gasteiger partial charge in [-0.1, -0.05) is 58.3 Å². The van der Waals surface area contributed by atoms with E-state index in [9.17, 15) is 19.2 Å². The van der Waals surface area contributed by atoms with Crippen molar-refractivity contribution in [2.75, 3.05) is 23.7 Å². The topological polar surface area (TPSA) is 151 Å². The number of nitrogens with one attached hydrogen (secondary N) is 2. The van der Waals surface area contributed by atoms with Gasteiger partial charge in [0.2, 0.25) is 11.8 Å². The van der Waals surface area contributed by atoms with Crippen LogP contribution in [-0.2, 0) is 19.2 Å². The largest absolute Gasteiger partial charge is 0.360 e. The molecular formula is C20H18N6O6S4. The molecule has 4 amide bonds. The Morgan fingerprint density at radius 2 is 1.22 bits per heavy atom. The first-order valence-electron chi connectivity index (χ1n) is 10.4. The van der Waals surface area contributed by atoms with Crippen molar-refractivity contribution in [3.63, 3.8) is 0 Å². The molecule has 0 aromatic carbocycles. The maximum absolute atomic E-state index is 13.0. The molecule has 0 atom stereocenters. The lowest BCUT2D eigenvalue weighted by molar-refractivity contribution is -0.125. The number of rotatable bonds is 8. The number of hydrogen-bond donors (Lipinski definition) is 2. The summed E-state index contributed by atoms with van der Waals surface area (Å²) in [5.74, 6) is -0.0573. The lowest BCUT2D eigenvalue weighted by atomic mass is 10.3. The Balaban J connectivity index is 1.34. The van der Waals surface area contributed by atoms with Gasteiger partial charge < -0.3 is 19.7 Å². The molecule has 0 aliphatic carbocycles. The molecule has 0 radical (unpaired) electrons. The fraction of sp³-hybridized carbons (Fsp3) is 0.300. The molecule has 188 valence electrons. The van der Waals surface area contributed by atoms with Gasteiger partial charge in [-0.2, -0.15) is 0 Å². The Morgan fingerprint density at radius 3 is 1.56 bits per heavy atom. The highest BCUT2D eigenvalue weighted by Crippen LogP contribution is 2.42. The third kappa shape index (κ3) is 5.83. The van der Waals surface area contributed by atoms with Gasteiger partial charge in [-0.05, 0) is 13.8 Å². The van der Waals surface area contributed by atoms with E-state index in [4.69, 9.17) is 33.5 Å². The number of nitrogens with zero attached hydrogens (tertiary/aromatic N) is 4. The van der Waals surface area contributed by atoms with E-state index < -0.39 is 11.8 Å². The number of aromatic nitrogens is 2. The minimum Gasteiger partial charge on any atom is -0.360 e. The Labute approximate surface area is 223 Å². The highest BCUT2D eigenvalue weighted by Gasteiger charge is 2.42. The van der Waals surface area contributed by atoms with Gasteiger partial charge in [-0.25, -0.2) is 0 Å². The van der Waals surface area contributed by atoms with Gasteiger partial charge in [0.15, 0.2) is 11.6 Å². The van der Waals surface area contributed by atoms with Crippen LogP contribution in [0.25, 0.3) is 0 Å². The van der Waals surface area contributed by atoms with Crippen molar-refractivity contribution >= 4 is 91.9 Å². The van der Waals surface area contributed by atoms with Crippen LogP contribution in [-0.4, -0.2) is 65.5 Å². The van der Waals surface area contributed by atoms with Crippen LogP contribution < -0.4 is 10.6 Å². The zero-order valence-corrected chi connectivity index (χ0v) is 22.1. The number of amides is 4. The molecule has 12 nitrogen and oxygen atoms in total. The van der Waals surface area contributed by atoms with Crippen LogP contribution in [0.15, 0.2) is 31.0 Å². The molecule has 36 heavy (non-hydrogen) atoms. The summed E-state index contributed by atoms with van der Waals surface area (Å²) in [6.45, 7) is 3.44. The molecule has 4 rings (SSSR count). The van der Waals surface area contributed by atoms with E-state index in [2.05, 4.69) is 20.9 Å². The lowest BCUT2D eigenvalue weighted by Gasteiger charge is -2.14. The Hall–Kier alpha value is -3.08. The highest BCUT2D eigenvalue weighted by atomic mass is 32.2. The quantitative estimate of drug-likeness (QED) is 0.357. The third-order valence-electron chi connectivity index (χ3n) is 4.82. The number of thioether (sulfide) groups is 2. The molecule has 2 N–H and O–H groups in total. The monoisotopic (exact) mass is 566 g/mol. The van der Waals surface area contributed by atoms with Gasteiger partial charge in [-0.15, -0.1) is 0 Å². The zero-order valence-electron chi connectivity index (χ0n) is 18.9. The summed E-state index contributed by atoms with van der Waals surface area (Å²) in [5.41, 5.74) is 0. The van der Waals surface area contributed by atoms with Crippen molar-refractivity contribution < 1.29 is 28.2 Å². The number of carbonyl (C=O) groups is 4. The van der Waals surface area contributed by atoms with Crippen molar-refractivity contribution in [2.24, 2.45) is 0 Å². The Bertz CT molecular complexity index is 1220. The molecule has 0 bridgehead atoms. The van der Waals surface area contributed by atoms with Crippen LogP contribution in [0.1, 0.15) is 24.4 Å². The van der Waals surface area contributed by atoms with Crippen LogP contribution in [0.2, 0.25) is 0 Å². The molecule has 0 unspecified atom stereocenters. The summed E-state index contributed by atoms with van der Waals surface area (Å²) < 4.78 is 10.3. The summed E-state index contributed by atoms with van der Waals surface area (Å²) in [6, 6.07) is 3.14. The minimum absolute atomic E-state index is 0.0266. The lowest BCUT2D eigenvalue weighted by Crippen LogP contribution is -2.33. The van der Waals surface area contributed by atoms with E-state index in [0.717, 1.165) is 23.5 Å². The standard InChI is InChI=1S/C20H18N6O6S4/c1-9-7-11(23-31-9)21-13(27)3-5-25-17(29)15(35-19(25)33)16-18(30)26(20(34)36-16)6-4-14(28)22-12-8-10(2)32-24-12/h7-8H,3-6H2,1-2H3,(H,21,23,27)(H,22,24,28)/b16-15+. The zero-order chi connectivity index (χ0) is 26.0. The van der Waals surface area contributed by atoms with E-state index in [0.29, 0.717) is 11.5 Å². The molecule has 2 aromatic rings. The van der Waals surface area contributed by atoms with Crippen LogP contribution in [0.4, 0.5) is 11.6 Å². The number of thiocarbonyl (C=S) groups is 2. The predicted octanol–water partition coefficient (Wildman–Crippen LogP) is 2.57. The highest BCUT2D eigenvalue weighted by molar-refractivity contribution is 8.29. The third-order valence-corrected chi connectivity index (χ3v) is 7.85. The first-order valence-corrected chi connectivity index (χ1v) is 12.9. The molecule has 0 spiro atoms. The van der Waals surface area contributed by atoms with Gasteiger partial charge >= 0.3 is 0 Å². The van der Waals surface area contributed by atoms with Crippen molar-refractivity contribution in [3.05, 3.63) is 33.5 Å². The second-order valence-corrected chi connectivity index (χ2v) is 10.8. The van der Waals surface area contributed by atoms with E-state index in [-0.39, 0.29) is 67.8 Å². The number of anilines is 2. The number of aryl methyl sites for hydroxylation is 2. The minimum atomic E-state index is -0.477. The van der Waals surface area contributed by atoms with Gasteiger partial charge in [0.1, 0.15) is 20.2 Å². The van der Waals surface area contributed by atoms with E-state index >= 15 is 0 Å². The molecule has 2 fully saturated rings. The molecule has 2 aromatic heterocycles. The van der Waals surface area contributed by atoms with E-state index in [1.165, 1.54) is 9.80 Å². The van der Waals surface area contributed by atoms with Crippen molar-refractivity contribution in [3.8, 4) is 0 Å². The van der Waals surface area contributed by atoms with Crippen LogP contribution >= 0.6 is 48.0 Å².